The predicted molar refractivity (Wildman–Crippen MR) is 131 cm³/mol. The van der Waals surface area contributed by atoms with E-state index in [4.69, 9.17) is 25.8 Å². The van der Waals surface area contributed by atoms with E-state index in [0.29, 0.717) is 28.0 Å². The first-order valence-corrected chi connectivity index (χ1v) is 10.7. The minimum atomic E-state index is -0.301. The van der Waals surface area contributed by atoms with Crippen molar-refractivity contribution >= 4 is 35.3 Å². The van der Waals surface area contributed by atoms with E-state index < -0.39 is 0 Å². The zero-order chi connectivity index (χ0) is 24.3. The molecule has 34 heavy (non-hydrogen) atoms. The maximum Gasteiger partial charge on any atom is 0.262 e. The van der Waals surface area contributed by atoms with Crippen LogP contribution >= 0.6 is 11.6 Å². The number of rotatable bonds is 10. The molecule has 0 heterocycles. The predicted octanol–water partition coefficient (Wildman–Crippen LogP) is 4.07. The fourth-order valence-corrected chi connectivity index (χ4v) is 3.15. The Morgan fingerprint density at radius 3 is 2.41 bits per heavy atom. The number of anilines is 1. The lowest BCUT2D eigenvalue weighted by molar-refractivity contribution is -0.120. The molecule has 3 aromatic carbocycles. The molecule has 8 nitrogen and oxygen atoms in total. The van der Waals surface area contributed by atoms with Crippen molar-refractivity contribution in [1.29, 1.82) is 0 Å². The lowest BCUT2D eigenvalue weighted by Crippen LogP contribution is -2.20. The third-order valence-corrected chi connectivity index (χ3v) is 4.81. The quantitative estimate of drug-likeness (QED) is 0.336. The van der Waals surface area contributed by atoms with Gasteiger partial charge >= 0.3 is 0 Å². The first-order valence-electron chi connectivity index (χ1n) is 10.3. The minimum Gasteiger partial charge on any atom is -0.493 e. The van der Waals surface area contributed by atoms with Crippen molar-refractivity contribution < 1.29 is 23.8 Å². The molecule has 0 bridgehead atoms. The Morgan fingerprint density at radius 1 is 0.941 bits per heavy atom. The number of hydrogen-bond donors (Lipinski definition) is 2. The van der Waals surface area contributed by atoms with Gasteiger partial charge in [0, 0.05) is 10.7 Å². The Morgan fingerprint density at radius 2 is 1.71 bits per heavy atom. The molecule has 0 spiro atoms. The van der Waals surface area contributed by atoms with E-state index in [1.165, 1.54) is 13.3 Å². The highest BCUT2D eigenvalue weighted by Crippen LogP contribution is 2.27. The number of ether oxygens (including phenoxy) is 3. The van der Waals surface area contributed by atoms with Crippen molar-refractivity contribution in [2.75, 3.05) is 26.1 Å². The van der Waals surface area contributed by atoms with Gasteiger partial charge in [-0.2, -0.15) is 5.10 Å². The van der Waals surface area contributed by atoms with Gasteiger partial charge < -0.3 is 19.5 Å². The van der Waals surface area contributed by atoms with Gasteiger partial charge in [-0.15, -0.1) is 0 Å². The number of benzene rings is 3. The SMILES string of the molecule is COc1ccc(CC(=O)N/N=C/c2ccc(OCC(=O)Nc3cccc(Cl)c3)cc2)cc1OC. The second kappa shape index (κ2) is 12.3. The smallest absolute Gasteiger partial charge is 0.262 e. The summed E-state index contributed by atoms with van der Waals surface area (Å²) in [5, 5.41) is 7.22. The third kappa shape index (κ3) is 7.53. The second-order valence-electron chi connectivity index (χ2n) is 7.08. The van der Waals surface area contributed by atoms with Crippen LogP contribution in [-0.2, 0) is 16.0 Å². The Kier molecular flexibility index (Phi) is 8.88. The summed E-state index contributed by atoms with van der Waals surface area (Å²) in [4.78, 5) is 24.2. The summed E-state index contributed by atoms with van der Waals surface area (Å²) >= 11 is 5.90. The minimum absolute atomic E-state index is 0.141. The number of hydrazone groups is 1. The molecule has 9 heteroatoms. The number of carbonyl (C=O) groups excluding carboxylic acids is 2. The van der Waals surface area contributed by atoms with Crippen LogP contribution in [0.25, 0.3) is 0 Å². The summed E-state index contributed by atoms with van der Waals surface area (Å²) in [5.74, 6) is 1.11. The molecular weight excluding hydrogens is 458 g/mol. The van der Waals surface area contributed by atoms with Crippen LogP contribution in [-0.4, -0.2) is 38.9 Å². The van der Waals surface area contributed by atoms with Crippen LogP contribution in [0.2, 0.25) is 5.02 Å². The Bertz CT molecular complexity index is 1170. The lowest BCUT2D eigenvalue weighted by Gasteiger charge is -2.09. The number of nitrogens with zero attached hydrogens (tertiary/aromatic N) is 1. The maximum absolute atomic E-state index is 12.1. The van der Waals surface area contributed by atoms with Gasteiger partial charge in [-0.3, -0.25) is 9.59 Å². The van der Waals surface area contributed by atoms with E-state index in [9.17, 15) is 9.59 Å². The standard InChI is InChI=1S/C25H24ClN3O5/c1-32-22-11-8-18(12-23(22)33-2)13-24(30)29-27-15-17-6-9-21(10-7-17)34-16-25(31)28-20-5-3-4-19(26)14-20/h3-12,14-15H,13,16H2,1-2H3,(H,28,31)(H,29,30)/b27-15+. The van der Waals surface area contributed by atoms with Crippen molar-refractivity contribution in [2.24, 2.45) is 5.10 Å². The summed E-state index contributed by atoms with van der Waals surface area (Å²) < 4.78 is 15.9. The molecule has 0 atom stereocenters. The monoisotopic (exact) mass is 481 g/mol. The molecule has 3 rings (SSSR count). The third-order valence-electron chi connectivity index (χ3n) is 4.57. The van der Waals surface area contributed by atoms with Gasteiger partial charge in [0.25, 0.3) is 5.91 Å². The van der Waals surface area contributed by atoms with E-state index in [-0.39, 0.29) is 24.8 Å². The first kappa shape index (κ1) is 24.6. The Hall–Kier alpha value is -4.04. The maximum atomic E-state index is 12.1. The van der Waals surface area contributed by atoms with E-state index in [0.717, 1.165) is 11.1 Å². The summed E-state index contributed by atoms with van der Waals surface area (Å²) in [6.07, 6.45) is 1.66. The number of carbonyl (C=O) groups is 2. The second-order valence-corrected chi connectivity index (χ2v) is 7.51. The van der Waals surface area contributed by atoms with E-state index >= 15 is 0 Å². The summed E-state index contributed by atoms with van der Waals surface area (Å²) in [5.41, 5.74) is 4.61. The van der Waals surface area contributed by atoms with Gasteiger partial charge in [0.15, 0.2) is 18.1 Å². The highest BCUT2D eigenvalue weighted by molar-refractivity contribution is 6.30. The highest BCUT2D eigenvalue weighted by Gasteiger charge is 2.08. The van der Waals surface area contributed by atoms with E-state index in [2.05, 4.69) is 15.8 Å². The Balaban J connectivity index is 1.44. The van der Waals surface area contributed by atoms with Gasteiger partial charge in [-0.25, -0.2) is 5.43 Å². The molecule has 0 radical (unpaired) electrons. The van der Waals surface area contributed by atoms with E-state index in [1.54, 1.807) is 73.8 Å². The number of halogens is 1. The fourth-order valence-electron chi connectivity index (χ4n) is 2.96. The summed E-state index contributed by atoms with van der Waals surface area (Å²) in [6.45, 7) is -0.147. The molecule has 0 fully saturated rings. The van der Waals surface area contributed by atoms with Gasteiger partial charge in [0.1, 0.15) is 5.75 Å². The van der Waals surface area contributed by atoms with Crippen LogP contribution in [0.1, 0.15) is 11.1 Å². The molecule has 0 unspecified atom stereocenters. The zero-order valence-electron chi connectivity index (χ0n) is 18.7. The van der Waals surface area contributed by atoms with Crippen LogP contribution in [0.3, 0.4) is 0 Å². The zero-order valence-corrected chi connectivity index (χ0v) is 19.5. The van der Waals surface area contributed by atoms with Crippen molar-refractivity contribution in [3.63, 3.8) is 0 Å². The molecule has 0 saturated heterocycles. The van der Waals surface area contributed by atoms with Crippen LogP contribution < -0.4 is 25.0 Å². The average molecular weight is 482 g/mol. The van der Waals surface area contributed by atoms with Crippen LogP contribution in [0.5, 0.6) is 17.2 Å². The normalized spacial score (nSPS) is 10.6. The van der Waals surface area contributed by atoms with Gasteiger partial charge in [0.2, 0.25) is 5.91 Å². The average Bonchev–Trinajstić information content (AvgIpc) is 2.83. The number of methoxy groups -OCH3 is 2. The molecule has 2 amide bonds. The molecule has 0 saturated carbocycles. The molecule has 0 aliphatic carbocycles. The lowest BCUT2D eigenvalue weighted by atomic mass is 10.1. The number of amides is 2. The number of hydrogen-bond acceptors (Lipinski definition) is 6. The summed E-state index contributed by atoms with van der Waals surface area (Å²) in [7, 11) is 3.09. The topological polar surface area (TPSA) is 98.3 Å². The van der Waals surface area contributed by atoms with Crippen LogP contribution in [0.15, 0.2) is 71.8 Å². The van der Waals surface area contributed by atoms with Gasteiger partial charge in [0.05, 0.1) is 26.9 Å². The van der Waals surface area contributed by atoms with Crippen LogP contribution in [0, 0.1) is 0 Å². The fraction of sp³-hybridized carbons (Fsp3) is 0.160. The molecule has 176 valence electrons. The van der Waals surface area contributed by atoms with Crippen molar-refractivity contribution in [2.45, 2.75) is 6.42 Å². The molecule has 3 aromatic rings. The largest absolute Gasteiger partial charge is 0.493 e. The van der Waals surface area contributed by atoms with Gasteiger partial charge in [-0.1, -0.05) is 23.7 Å². The van der Waals surface area contributed by atoms with Crippen molar-refractivity contribution in [3.8, 4) is 17.2 Å². The molecule has 0 aromatic heterocycles. The number of nitrogens with one attached hydrogen (secondary N) is 2. The van der Waals surface area contributed by atoms with Crippen LogP contribution in [0.4, 0.5) is 5.69 Å². The molecule has 0 aliphatic rings. The highest BCUT2D eigenvalue weighted by atomic mass is 35.5. The van der Waals surface area contributed by atoms with Crippen molar-refractivity contribution in [1.82, 2.24) is 5.43 Å². The first-order chi connectivity index (χ1) is 16.5. The Labute approximate surface area is 202 Å². The van der Waals surface area contributed by atoms with E-state index in [1.807, 2.05) is 0 Å². The van der Waals surface area contributed by atoms with Gasteiger partial charge in [-0.05, 0) is 65.7 Å². The molecule has 0 aliphatic heterocycles. The van der Waals surface area contributed by atoms with Crippen molar-refractivity contribution in [3.05, 3.63) is 82.9 Å². The molecular formula is C25H24ClN3O5. The molecule has 2 N–H and O–H groups in total. The summed E-state index contributed by atoms with van der Waals surface area (Å²) in [6, 6.07) is 19.1.